The number of unbranched alkanes of at least 4 members (excludes halogenated alkanes) is 2. The Kier molecular flexibility index (Phi) is 7.03. The largest absolute Gasteiger partial charge is 0.392 e. The van der Waals surface area contributed by atoms with E-state index in [1.165, 1.54) is 51.4 Å². The van der Waals surface area contributed by atoms with Crippen LogP contribution in [0.15, 0.2) is 0 Å². The van der Waals surface area contributed by atoms with Crippen molar-refractivity contribution in [3.63, 3.8) is 0 Å². The molecule has 0 heterocycles. The zero-order valence-electron chi connectivity index (χ0n) is 10.2. The third-order valence-electron chi connectivity index (χ3n) is 3.39. The van der Waals surface area contributed by atoms with Gasteiger partial charge in [0, 0.05) is 12.6 Å². The summed E-state index contributed by atoms with van der Waals surface area (Å²) in [6, 6.07) is 0.680. The van der Waals surface area contributed by atoms with Crippen molar-refractivity contribution in [1.29, 1.82) is 0 Å². The molecule has 90 valence electrons. The minimum absolute atomic E-state index is 0.126. The summed E-state index contributed by atoms with van der Waals surface area (Å²) in [5.74, 6) is 0. The van der Waals surface area contributed by atoms with Crippen LogP contribution in [0.2, 0.25) is 0 Å². The van der Waals surface area contributed by atoms with Crippen molar-refractivity contribution in [3.8, 4) is 0 Å². The Balaban J connectivity index is 1.97. The van der Waals surface area contributed by atoms with Crippen molar-refractivity contribution >= 4 is 0 Å². The van der Waals surface area contributed by atoms with E-state index in [-0.39, 0.29) is 6.10 Å². The summed E-state index contributed by atoms with van der Waals surface area (Å²) >= 11 is 0. The topological polar surface area (TPSA) is 32.3 Å². The Morgan fingerprint density at radius 3 is 2.60 bits per heavy atom. The molecular weight excluding hydrogens is 186 g/mol. The van der Waals surface area contributed by atoms with Gasteiger partial charge in [-0.15, -0.1) is 0 Å². The van der Waals surface area contributed by atoms with Crippen LogP contribution in [0, 0.1) is 0 Å². The molecule has 0 aliphatic heterocycles. The Labute approximate surface area is 94.5 Å². The van der Waals surface area contributed by atoms with E-state index in [0.29, 0.717) is 6.04 Å². The molecule has 0 aromatic heterocycles. The average Bonchev–Trinajstić information content (AvgIpc) is 2.28. The molecule has 1 atom stereocenters. The van der Waals surface area contributed by atoms with Crippen LogP contribution in [0.5, 0.6) is 0 Å². The van der Waals surface area contributed by atoms with Gasteiger partial charge in [0.15, 0.2) is 0 Å². The highest BCUT2D eigenvalue weighted by molar-refractivity contribution is 4.73. The molecule has 0 aromatic carbocycles. The third-order valence-corrected chi connectivity index (χ3v) is 3.39. The lowest BCUT2D eigenvalue weighted by molar-refractivity contribution is 0.150. The quantitative estimate of drug-likeness (QED) is 0.637. The molecule has 1 rings (SSSR count). The van der Waals surface area contributed by atoms with Crippen molar-refractivity contribution < 1.29 is 5.11 Å². The maximum Gasteiger partial charge on any atom is 0.0664 e. The Hall–Kier alpha value is -0.0800. The van der Waals surface area contributed by atoms with E-state index in [2.05, 4.69) is 12.2 Å². The van der Waals surface area contributed by atoms with Crippen LogP contribution < -0.4 is 5.32 Å². The summed E-state index contributed by atoms with van der Waals surface area (Å²) in [6.07, 6.45) is 11.2. The van der Waals surface area contributed by atoms with E-state index in [4.69, 9.17) is 0 Å². The summed E-state index contributed by atoms with van der Waals surface area (Å²) in [7, 11) is 0. The van der Waals surface area contributed by atoms with E-state index < -0.39 is 0 Å². The van der Waals surface area contributed by atoms with Gasteiger partial charge in [-0.25, -0.2) is 0 Å². The summed E-state index contributed by atoms with van der Waals surface area (Å²) in [5.41, 5.74) is 0. The Bertz CT molecular complexity index is 143. The monoisotopic (exact) mass is 213 g/mol. The van der Waals surface area contributed by atoms with E-state index in [0.717, 1.165) is 13.0 Å². The molecule has 0 saturated heterocycles. The molecule has 2 N–H and O–H groups in total. The highest BCUT2D eigenvalue weighted by atomic mass is 16.3. The maximum absolute atomic E-state index is 9.74. The van der Waals surface area contributed by atoms with Gasteiger partial charge in [-0.1, -0.05) is 45.4 Å². The lowest BCUT2D eigenvalue weighted by Gasteiger charge is -2.24. The SMILES string of the molecule is CCCCCC(O)CNC1CCCCC1. The normalized spacial score (nSPS) is 20.4. The molecular formula is C13H27NO. The molecule has 0 spiro atoms. The Morgan fingerprint density at radius 2 is 1.93 bits per heavy atom. The van der Waals surface area contributed by atoms with Gasteiger partial charge in [0.1, 0.15) is 0 Å². The number of aliphatic hydroxyl groups excluding tert-OH is 1. The van der Waals surface area contributed by atoms with Gasteiger partial charge >= 0.3 is 0 Å². The van der Waals surface area contributed by atoms with Gasteiger partial charge in [-0.3, -0.25) is 0 Å². The number of hydrogen-bond acceptors (Lipinski definition) is 2. The molecule has 0 bridgehead atoms. The lowest BCUT2D eigenvalue weighted by atomic mass is 9.95. The van der Waals surface area contributed by atoms with Crippen molar-refractivity contribution in [1.82, 2.24) is 5.32 Å². The minimum Gasteiger partial charge on any atom is -0.392 e. The molecule has 0 radical (unpaired) electrons. The van der Waals surface area contributed by atoms with Crippen LogP contribution >= 0.6 is 0 Å². The standard InChI is InChI=1S/C13H27NO/c1-2-3-5-10-13(15)11-14-12-8-6-4-7-9-12/h12-15H,2-11H2,1H3. The molecule has 0 aromatic rings. The van der Waals surface area contributed by atoms with Gasteiger partial charge in [0.25, 0.3) is 0 Å². The van der Waals surface area contributed by atoms with Crippen LogP contribution in [-0.2, 0) is 0 Å². The molecule has 0 amide bonds. The minimum atomic E-state index is -0.126. The average molecular weight is 213 g/mol. The second kappa shape index (κ2) is 8.12. The smallest absolute Gasteiger partial charge is 0.0664 e. The van der Waals surface area contributed by atoms with E-state index in [1.807, 2.05) is 0 Å². The van der Waals surface area contributed by atoms with E-state index >= 15 is 0 Å². The van der Waals surface area contributed by atoms with E-state index in [9.17, 15) is 5.11 Å². The number of rotatable bonds is 7. The van der Waals surface area contributed by atoms with Crippen molar-refractivity contribution in [2.45, 2.75) is 76.9 Å². The highest BCUT2D eigenvalue weighted by Crippen LogP contribution is 2.17. The first-order chi connectivity index (χ1) is 7.33. The molecule has 15 heavy (non-hydrogen) atoms. The third kappa shape index (κ3) is 6.16. The number of aliphatic hydroxyl groups is 1. The highest BCUT2D eigenvalue weighted by Gasteiger charge is 2.13. The number of nitrogens with one attached hydrogen (secondary N) is 1. The molecule has 1 unspecified atom stereocenters. The molecule has 2 nitrogen and oxygen atoms in total. The van der Waals surface area contributed by atoms with Gasteiger partial charge in [0.05, 0.1) is 6.10 Å². The summed E-state index contributed by atoms with van der Waals surface area (Å²) in [4.78, 5) is 0. The van der Waals surface area contributed by atoms with Crippen LogP contribution in [-0.4, -0.2) is 23.8 Å². The van der Waals surface area contributed by atoms with Crippen LogP contribution in [0.25, 0.3) is 0 Å². The molecule has 1 aliphatic rings. The van der Waals surface area contributed by atoms with Gasteiger partial charge in [-0.05, 0) is 19.3 Å². The maximum atomic E-state index is 9.74. The summed E-state index contributed by atoms with van der Waals surface area (Å²) in [6.45, 7) is 3.00. The first-order valence-corrected chi connectivity index (χ1v) is 6.74. The summed E-state index contributed by atoms with van der Waals surface area (Å²) < 4.78 is 0. The van der Waals surface area contributed by atoms with Crippen LogP contribution in [0.1, 0.15) is 64.7 Å². The fourth-order valence-electron chi connectivity index (χ4n) is 2.34. The molecule has 1 fully saturated rings. The zero-order chi connectivity index (χ0) is 10.9. The second-order valence-corrected chi connectivity index (χ2v) is 4.89. The first kappa shape index (κ1) is 13.0. The van der Waals surface area contributed by atoms with Crippen LogP contribution in [0.3, 0.4) is 0 Å². The molecule has 1 saturated carbocycles. The fraction of sp³-hybridized carbons (Fsp3) is 1.00. The Morgan fingerprint density at radius 1 is 1.20 bits per heavy atom. The predicted octanol–water partition coefficient (Wildman–Crippen LogP) is 2.85. The van der Waals surface area contributed by atoms with Crippen molar-refractivity contribution in [3.05, 3.63) is 0 Å². The van der Waals surface area contributed by atoms with Gasteiger partial charge in [0.2, 0.25) is 0 Å². The fourth-order valence-corrected chi connectivity index (χ4v) is 2.34. The second-order valence-electron chi connectivity index (χ2n) is 4.89. The summed E-state index contributed by atoms with van der Waals surface area (Å²) in [5, 5.41) is 13.2. The molecule has 1 aliphatic carbocycles. The van der Waals surface area contributed by atoms with Crippen molar-refractivity contribution in [2.75, 3.05) is 6.54 Å². The predicted molar refractivity (Wildman–Crippen MR) is 65.0 cm³/mol. The van der Waals surface area contributed by atoms with E-state index in [1.54, 1.807) is 0 Å². The first-order valence-electron chi connectivity index (χ1n) is 6.74. The van der Waals surface area contributed by atoms with Gasteiger partial charge in [-0.2, -0.15) is 0 Å². The van der Waals surface area contributed by atoms with Crippen molar-refractivity contribution in [2.24, 2.45) is 0 Å². The zero-order valence-corrected chi connectivity index (χ0v) is 10.2. The van der Waals surface area contributed by atoms with Gasteiger partial charge < -0.3 is 10.4 Å². The lowest BCUT2D eigenvalue weighted by Crippen LogP contribution is -2.36. The molecule has 2 heteroatoms. The number of hydrogen-bond donors (Lipinski definition) is 2. The van der Waals surface area contributed by atoms with Crippen LogP contribution in [0.4, 0.5) is 0 Å².